The fraction of sp³-hybridized carbons (Fsp3) is 0.212. The van der Waals surface area contributed by atoms with E-state index in [1.165, 1.54) is 24.1 Å². The summed E-state index contributed by atoms with van der Waals surface area (Å²) in [6.45, 7) is 1.63. The Morgan fingerprint density at radius 3 is 2.07 bits per heavy atom. The molecule has 43 heavy (non-hydrogen) atoms. The van der Waals surface area contributed by atoms with Crippen molar-refractivity contribution in [2.45, 2.75) is 30.8 Å². The van der Waals surface area contributed by atoms with Gasteiger partial charge in [0.25, 0.3) is 10.0 Å². The van der Waals surface area contributed by atoms with E-state index in [9.17, 15) is 18.0 Å². The zero-order valence-corrected chi connectivity index (χ0v) is 26.4. The van der Waals surface area contributed by atoms with E-state index in [0.29, 0.717) is 12.4 Å². The molecule has 0 bridgehead atoms. The van der Waals surface area contributed by atoms with Crippen molar-refractivity contribution in [3.05, 3.63) is 125 Å². The molecular formula is C33H34BrN3O5S. The largest absolute Gasteiger partial charge is 0.492 e. The van der Waals surface area contributed by atoms with E-state index >= 15 is 0 Å². The number of rotatable bonds is 13. The molecule has 0 spiro atoms. The molecule has 0 heterocycles. The molecule has 0 aliphatic rings. The Morgan fingerprint density at radius 2 is 1.44 bits per heavy atom. The molecule has 0 aliphatic heterocycles. The van der Waals surface area contributed by atoms with Crippen LogP contribution in [-0.2, 0) is 32.6 Å². The van der Waals surface area contributed by atoms with Crippen LogP contribution in [0.25, 0.3) is 0 Å². The summed E-state index contributed by atoms with van der Waals surface area (Å²) in [7, 11) is -2.69. The number of hydrogen-bond acceptors (Lipinski definition) is 5. The van der Waals surface area contributed by atoms with Crippen molar-refractivity contribution in [1.29, 1.82) is 0 Å². The van der Waals surface area contributed by atoms with Crippen LogP contribution >= 0.6 is 15.9 Å². The molecule has 1 unspecified atom stereocenters. The number of para-hydroxylation sites is 2. The normalized spacial score (nSPS) is 11.8. The molecule has 1 N–H and O–H groups in total. The van der Waals surface area contributed by atoms with Gasteiger partial charge in [-0.2, -0.15) is 0 Å². The van der Waals surface area contributed by atoms with Gasteiger partial charge in [-0.25, -0.2) is 8.42 Å². The topological polar surface area (TPSA) is 96.0 Å². The van der Waals surface area contributed by atoms with E-state index in [4.69, 9.17) is 4.74 Å². The van der Waals surface area contributed by atoms with Crippen LogP contribution in [0.15, 0.2) is 119 Å². The van der Waals surface area contributed by atoms with E-state index in [1.807, 2.05) is 54.6 Å². The Kier molecular flexibility index (Phi) is 11.0. The fourth-order valence-electron chi connectivity index (χ4n) is 4.68. The lowest BCUT2D eigenvalue weighted by Crippen LogP contribution is -2.53. The molecule has 224 valence electrons. The maximum Gasteiger partial charge on any atom is 0.264 e. The molecular weight excluding hydrogens is 630 g/mol. The zero-order valence-electron chi connectivity index (χ0n) is 24.0. The van der Waals surface area contributed by atoms with Gasteiger partial charge in [0.05, 0.1) is 17.2 Å². The minimum atomic E-state index is -4.21. The molecule has 2 amide bonds. The van der Waals surface area contributed by atoms with Gasteiger partial charge < -0.3 is 15.0 Å². The molecule has 8 nitrogen and oxygen atoms in total. The Hall–Kier alpha value is -4.15. The molecule has 0 radical (unpaired) electrons. The van der Waals surface area contributed by atoms with Gasteiger partial charge in [-0.05, 0) is 54.4 Å². The third kappa shape index (κ3) is 8.03. The monoisotopic (exact) mass is 663 g/mol. The number of nitrogens with zero attached hydrogens (tertiary/aromatic N) is 2. The molecule has 4 aromatic carbocycles. The molecule has 0 aliphatic carbocycles. The summed E-state index contributed by atoms with van der Waals surface area (Å²) in [6, 6.07) is 30.6. The van der Waals surface area contributed by atoms with E-state index in [1.54, 1.807) is 49.4 Å². The second-order valence-corrected chi connectivity index (χ2v) is 12.5. The zero-order chi connectivity index (χ0) is 30.8. The van der Waals surface area contributed by atoms with Crippen LogP contribution in [0.3, 0.4) is 0 Å². The maximum atomic E-state index is 14.4. The summed E-state index contributed by atoms with van der Waals surface area (Å²) in [5.74, 6) is -0.580. The fourth-order valence-corrected chi connectivity index (χ4v) is 6.39. The van der Waals surface area contributed by atoms with Crippen LogP contribution in [0, 0.1) is 0 Å². The van der Waals surface area contributed by atoms with Crippen molar-refractivity contribution in [2.24, 2.45) is 0 Å². The van der Waals surface area contributed by atoms with Crippen molar-refractivity contribution in [1.82, 2.24) is 10.2 Å². The van der Waals surface area contributed by atoms with Crippen molar-refractivity contribution >= 4 is 43.5 Å². The molecule has 0 saturated carbocycles. The number of anilines is 1. The third-order valence-corrected chi connectivity index (χ3v) is 9.13. The highest BCUT2D eigenvalue weighted by molar-refractivity contribution is 9.10. The number of halogens is 1. The first-order chi connectivity index (χ1) is 20.7. The van der Waals surface area contributed by atoms with E-state index in [2.05, 4.69) is 21.2 Å². The first kappa shape index (κ1) is 31.8. The average molecular weight is 665 g/mol. The first-order valence-corrected chi connectivity index (χ1v) is 16.1. The number of ether oxygens (including phenoxy) is 1. The quantitative estimate of drug-likeness (QED) is 0.206. The van der Waals surface area contributed by atoms with E-state index in [0.717, 1.165) is 19.9 Å². The van der Waals surface area contributed by atoms with Gasteiger partial charge >= 0.3 is 0 Å². The number of hydrogen-bond donors (Lipinski definition) is 1. The van der Waals surface area contributed by atoms with E-state index in [-0.39, 0.29) is 29.5 Å². The molecule has 0 saturated heterocycles. The molecule has 1 atom stereocenters. The summed E-state index contributed by atoms with van der Waals surface area (Å²) in [5.41, 5.74) is 1.87. The standard InChI is InChI=1S/C33H34BrN3O5S/c1-3-42-31-17-11-10-16-29(31)37(43(40,41)28-14-8-5-9-15-28)24-32(38)36(23-26-18-20-27(34)21-19-26)30(33(39)35-2)22-25-12-6-4-7-13-25/h4-21,30H,3,22-24H2,1-2H3,(H,35,39). The Labute approximate surface area is 261 Å². The van der Waals surface area contributed by atoms with Gasteiger partial charge in [-0.3, -0.25) is 13.9 Å². The van der Waals surface area contributed by atoms with E-state index < -0.39 is 28.5 Å². The number of carbonyl (C=O) groups is 2. The Bertz CT molecular complexity index is 1620. The highest BCUT2D eigenvalue weighted by atomic mass is 79.9. The summed E-state index contributed by atoms with van der Waals surface area (Å²) in [4.78, 5) is 29.2. The SMILES string of the molecule is CCOc1ccccc1N(CC(=O)N(Cc1ccc(Br)cc1)C(Cc1ccccc1)C(=O)NC)S(=O)(=O)c1ccccc1. The van der Waals surface area contributed by atoms with Crippen molar-refractivity contribution in [3.63, 3.8) is 0 Å². The summed E-state index contributed by atoms with van der Waals surface area (Å²) in [6.07, 6.45) is 0.240. The van der Waals surface area contributed by atoms with Crippen molar-refractivity contribution < 1.29 is 22.7 Å². The third-order valence-electron chi connectivity index (χ3n) is 6.83. The molecule has 4 rings (SSSR count). The minimum Gasteiger partial charge on any atom is -0.492 e. The molecule has 4 aromatic rings. The number of benzene rings is 4. The number of nitrogens with one attached hydrogen (secondary N) is 1. The van der Waals surface area contributed by atoms with Crippen LogP contribution in [0.4, 0.5) is 5.69 Å². The van der Waals surface area contributed by atoms with Crippen LogP contribution in [0.2, 0.25) is 0 Å². The number of likely N-dealkylation sites (N-methyl/N-ethyl adjacent to an activating group) is 1. The van der Waals surface area contributed by atoms with Crippen LogP contribution < -0.4 is 14.4 Å². The van der Waals surface area contributed by atoms with Gasteiger partial charge in [0.1, 0.15) is 18.3 Å². The lowest BCUT2D eigenvalue weighted by Gasteiger charge is -2.34. The van der Waals surface area contributed by atoms with Crippen LogP contribution in [-0.4, -0.2) is 51.4 Å². The maximum absolute atomic E-state index is 14.4. The first-order valence-electron chi connectivity index (χ1n) is 13.8. The number of carbonyl (C=O) groups excluding carboxylic acids is 2. The molecule has 0 aromatic heterocycles. The molecule has 0 fully saturated rings. The van der Waals surface area contributed by atoms with Gasteiger partial charge in [-0.1, -0.05) is 88.7 Å². The summed E-state index contributed by atoms with van der Waals surface area (Å²) in [5, 5.41) is 2.69. The molecule has 10 heteroatoms. The number of amides is 2. The lowest BCUT2D eigenvalue weighted by atomic mass is 10.0. The van der Waals surface area contributed by atoms with Crippen LogP contribution in [0.1, 0.15) is 18.1 Å². The predicted octanol–water partition coefficient (Wildman–Crippen LogP) is 5.43. The highest BCUT2D eigenvalue weighted by Crippen LogP contribution is 2.33. The van der Waals surface area contributed by atoms with Gasteiger partial charge in [0.15, 0.2) is 0 Å². The van der Waals surface area contributed by atoms with Crippen molar-refractivity contribution in [2.75, 3.05) is 24.5 Å². The van der Waals surface area contributed by atoms with Gasteiger partial charge in [0.2, 0.25) is 11.8 Å². The Balaban J connectivity index is 1.81. The number of sulfonamides is 1. The van der Waals surface area contributed by atoms with Crippen molar-refractivity contribution in [3.8, 4) is 5.75 Å². The van der Waals surface area contributed by atoms with Gasteiger partial charge in [-0.15, -0.1) is 0 Å². The smallest absolute Gasteiger partial charge is 0.264 e. The van der Waals surface area contributed by atoms with Gasteiger partial charge in [0, 0.05) is 24.5 Å². The highest BCUT2D eigenvalue weighted by Gasteiger charge is 2.35. The predicted molar refractivity (Wildman–Crippen MR) is 171 cm³/mol. The average Bonchev–Trinajstić information content (AvgIpc) is 3.03. The lowest BCUT2D eigenvalue weighted by molar-refractivity contribution is -0.139. The summed E-state index contributed by atoms with van der Waals surface area (Å²) < 4.78 is 35.9. The second kappa shape index (κ2) is 14.8. The second-order valence-electron chi connectivity index (χ2n) is 9.69. The van der Waals surface area contributed by atoms with Crippen LogP contribution in [0.5, 0.6) is 5.75 Å². The minimum absolute atomic E-state index is 0.0284. The Morgan fingerprint density at radius 1 is 0.837 bits per heavy atom. The summed E-state index contributed by atoms with van der Waals surface area (Å²) >= 11 is 3.44.